The fraction of sp³-hybridized carbons (Fsp3) is 0. The zero-order chi connectivity index (χ0) is 27.6. The minimum absolute atomic E-state index is 0.915. The van der Waals surface area contributed by atoms with Gasteiger partial charge in [0.25, 0.3) is 0 Å². The predicted molar refractivity (Wildman–Crippen MR) is 177 cm³/mol. The van der Waals surface area contributed by atoms with Gasteiger partial charge in [-0.05, 0) is 104 Å². The molecule has 0 spiro atoms. The average Bonchev–Trinajstić information content (AvgIpc) is 3.43. The molecule has 7 aromatic carbocycles. The van der Waals surface area contributed by atoms with Crippen molar-refractivity contribution in [2.75, 3.05) is 0 Å². The van der Waals surface area contributed by atoms with Gasteiger partial charge in [0, 0.05) is 25.9 Å². The maximum absolute atomic E-state index is 6.26. The molecule has 196 valence electrons. The standard InChI is InChI=1S/C40H24OS/c1-2-8-25(9-3-1)29-20-30(22-31(21-29)28-16-18-33-32-12-4-5-14-36(32)41-37(33)24-28)27-17-19-38-35(23-27)34-13-6-10-26-11-7-15-39(42-38)40(26)34/h1-24H. The second kappa shape index (κ2) is 9.24. The summed E-state index contributed by atoms with van der Waals surface area (Å²) in [4.78, 5) is 2.64. The van der Waals surface area contributed by atoms with Crippen LogP contribution in [0.2, 0.25) is 0 Å². The molecule has 1 aromatic heterocycles. The summed E-state index contributed by atoms with van der Waals surface area (Å²) in [6.07, 6.45) is 0. The Morgan fingerprint density at radius 3 is 1.93 bits per heavy atom. The minimum Gasteiger partial charge on any atom is -0.456 e. The fourth-order valence-corrected chi connectivity index (χ4v) is 7.54. The first kappa shape index (κ1) is 23.6. The van der Waals surface area contributed by atoms with Crippen LogP contribution in [0.15, 0.2) is 160 Å². The van der Waals surface area contributed by atoms with Crippen molar-refractivity contribution in [1.29, 1.82) is 0 Å². The highest BCUT2D eigenvalue weighted by molar-refractivity contribution is 7.99. The Hall–Kier alpha value is -5.05. The summed E-state index contributed by atoms with van der Waals surface area (Å²) in [6, 6.07) is 52.7. The molecule has 0 amide bonds. The molecule has 42 heavy (non-hydrogen) atoms. The number of rotatable bonds is 3. The van der Waals surface area contributed by atoms with Gasteiger partial charge in [-0.25, -0.2) is 0 Å². The van der Waals surface area contributed by atoms with Crippen LogP contribution in [0.4, 0.5) is 0 Å². The first-order valence-electron chi connectivity index (χ1n) is 14.3. The van der Waals surface area contributed by atoms with Crippen molar-refractivity contribution in [3.05, 3.63) is 146 Å². The molecule has 1 aliphatic rings. The molecular formula is C40H24OS. The molecule has 1 nitrogen and oxygen atoms in total. The van der Waals surface area contributed by atoms with Crippen LogP contribution in [-0.4, -0.2) is 0 Å². The SMILES string of the molecule is c1ccc(-c2cc(-c3ccc4c(c3)-c3cccc5cccc(c35)S4)cc(-c3ccc4c(c3)oc3ccccc34)c2)cc1. The summed E-state index contributed by atoms with van der Waals surface area (Å²) in [5.74, 6) is 0. The second-order valence-electron chi connectivity index (χ2n) is 10.9. The van der Waals surface area contributed by atoms with Gasteiger partial charge >= 0.3 is 0 Å². The van der Waals surface area contributed by atoms with Crippen molar-refractivity contribution in [1.82, 2.24) is 0 Å². The third-order valence-corrected chi connectivity index (χ3v) is 9.58. The quantitative estimate of drug-likeness (QED) is 0.216. The highest BCUT2D eigenvalue weighted by Crippen LogP contribution is 2.49. The van der Waals surface area contributed by atoms with E-state index in [1.165, 1.54) is 59.5 Å². The third-order valence-electron chi connectivity index (χ3n) is 8.44. The molecule has 9 rings (SSSR count). The maximum Gasteiger partial charge on any atom is 0.136 e. The van der Waals surface area contributed by atoms with Gasteiger partial charge < -0.3 is 4.42 Å². The molecule has 2 heteroatoms. The zero-order valence-electron chi connectivity index (χ0n) is 22.7. The average molecular weight is 553 g/mol. The highest BCUT2D eigenvalue weighted by atomic mass is 32.2. The molecule has 0 fully saturated rings. The van der Waals surface area contributed by atoms with E-state index in [9.17, 15) is 0 Å². The van der Waals surface area contributed by atoms with E-state index >= 15 is 0 Å². The van der Waals surface area contributed by atoms with Gasteiger partial charge in [-0.15, -0.1) is 0 Å². The van der Waals surface area contributed by atoms with Crippen LogP contribution >= 0.6 is 11.8 Å². The van der Waals surface area contributed by atoms with E-state index in [0.29, 0.717) is 0 Å². The molecule has 0 saturated heterocycles. The molecule has 0 atom stereocenters. The fourth-order valence-electron chi connectivity index (χ4n) is 6.41. The summed E-state index contributed by atoms with van der Waals surface area (Å²) < 4.78 is 6.26. The Kier molecular flexibility index (Phi) is 5.20. The molecule has 0 bridgehead atoms. The Labute approximate surface area is 248 Å². The lowest BCUT2D eigenvalue weighted by molar-refractivity contribution is 0.669. The number of hydrogen-bond acceptors (Lipinski definition) is 2. The van der Waals surface area contributed by atoms with E-state index in [2.05, 4.69) is 133 Å². The maximum atomic E-state index is 6.26. The number of para-hydroxylation sites is 1. The lowest BCUT2D eigenvalue weighted by Crippen LogP contribution is -1.93. The molecule has 8 aromatic rings. The van der Waals surface area contributed by atoms with E-state index in [-0.39, 0.29) is 0 Å². The normalized spacial score (nSPS) is 12.2. The third kappa shape index (κ3) is 3.73. The van der Waals surface area contributed by atoms with Crippen LogP contribution < -0.4 is 0 Å². The second-order valence-corrected chi connectivity index (χ2v) is 12.0. The summed E-state index contributed by atoms with van der Waals surface area (Å²) in [5, 5.41) is 4.95. The van der Waals surface area contributed by atoms with Crippen molar-refractivity contribution in [3.63, 3.8) is 0 Å². The van der Waals surface area contributed by atoms with Gasteiger partial charge in [0.15, 0.2) is 0 Å². The molecule has 0 saturated carbocycles. The molecule has 0 unspecified atom stereocenters. The van der Waals surface area contributed by atoms with Gasteiger partial charge in [0.05, 0.1) is 0 Å². The van der Waals surface area contributed by atoms with Gasteiger partial charge in [0.2, 0.25) is 0 Å². The number of hydrogen-bond donors (Lipinski definition) is 0. The first-order chi connectivity index (χ1) is 20.8. The van der Waals surface area contributed by atoms with Crippen molar-refractivity contribution < 1.29 is 4.42 Å². The molecular weight excluding hydrogens is 529 g/mol. The Bertz CT molecular complexity index is 2320. The number of fused-ring (bicyclic) bond motifs is 5. The Morgan fingerprint density at radius 1 is 0.381 bits per heavy atom. The lowest BCUT2D eigenvalue weighted by Gasteiger charge is -2.21. The van der Waals surface area contributed by atoms with Crippen molar-refractivity contribution in [2.45, 2.75) is 9.79 Å². The summed E-state index contributed by atoms with van der Waals surface area (Å²) in [6.45, 7) is 0. The van der Waals surface area contributed by atoms with Crippen molar-refractivity contribution in [2.24, 2.45) is 0 Å². The topological polar surface area (TPSA) is 13.1 Å². The molecule has 1 aliphatic heterocycles. The smallest absolute Gasteiger partial charge is 0.136 e. The summed E-state index contributed by atoms with van der Waals surface area (Å²) in [7, 11) is 0. The van der Waals surface area contributed by atoms with Crippen molar-refractivity contribution in [3.8, 4) is 44.5 Å². The first-order valence-corrected chi connectivity index (χ1v) is 15.1. The van der Waals surface area contributed by atoms with E-state index in [1.54, 1.807) is 0 Å². The Morgan fingerprint density at radius 2 is 1.07 bits per heavy atom. The summed E-state index contributed by atoms with van der Waals surface area (Å²) >= 11 is 1.87. The lowest BCUT2D eigenvalue weighted by atomic mass is 9.91. The van der Waals surface area contributed by atoms with Crippen LogP contribution in [0.3, 0.4) is 0 Å². The van der Waals surface area contributed by atoms with Gasteiger partial charge in [-0.1, -0.05) is 103 Å². The van der Waals surface area contributed by atoms with Crippen LogP contribution in [0, 0.1) is 0 Å². The van der Waals surface area contributed by atoms with Crippen LogP contribution in [0.5, 0.6) is 0 Å². The number of furan rings is 1. The molecule has 0 radical (unpaired) electrons. The number of benzene rings is 7. The van der Waals surface area contributed by atoms with Gasteiger partial charge in [-0.3, -0.25) is 0 Å². The Balaban J connectivity index is 1.23. The molecule has 0 N–H and O–H groups in total. The van der Waals surface area contributed by atoms with E-state index in [0.717, 1.165) is 27.5 Å². The van der Waals surface area contributed by atoms with Crippen molar-refractivity contribution >= 4 is 44.5 Å². The van der Waals surface area contributed by atoms with Crippen LogP contribution in [0.1, 0.15) is 0 Å². The summed E-state index contributed by atoms with van der Waals surface area (Å²) in [5.41, 5.74) is 11.6. The monoisotopic (exact) mass is 552 g/mol. The van der Waals surface area contributed by atoms with Crippen LogP contribution in [0.25, 0.3) is 77.2 Å². The largest absolute Gasteiger partial charge is 0.456 e. The molecule has 2 heterocycles. The highest BCUT2D eigenvalue weighted by Gasteiger charge is 2.20. The van der Waals surface area contributed by atoms with E-state index in [4.69, 9.17) is 4.42 Å². The minimum atomic E-state index is 0.915. The van der Waals surface area contributed by atoms with E-state index < -0.39 is 0 Å². The van der Waals surface area contributed by atoms with Gasteiger partial charge in [-0.2, -0.15) is 0 Å². The predicted octanol–water partition coefficient (Wildman–Crippen LogP) is 11.9. The zero-order valence-corrected chi connectivity index (χ0v) is 23.5. The van der Waals surface area contributed by atoms with E-state index in [1.807, 2.05) is 23.9 Å². The van der Waals surface area contributed by atoms with Crippen LogP contribution in [-0.2, 0) is 0 Å². The molecule has 0 aliphatic carbocycles. The van der Waals surface area contributed by atoms with Gasteiger partial charge in [0.1, 0.15) is 11.2 Å².